The number of aromatic nitrogens is 2. The largest absolute Gasteiger partial charge is 0.384 e. The molecular weight excluding hydrogens is 278 g/mol. The second-order valence-electron chi connectivity index (χ2n) is 6.40. The van der Waals surface area contributed by atoms with E-state index in [0.717, 1.165) is 32.8 Å². The van der Waals surface area contributed by atoms with Crippen molar-refractivity contribution in [2.45, 2.75) is 44.1 Å². The van der Waals surface area contributed by atoms with Crippen LogP contribution in [0.15, 0.2) is 12.3 Å². The first-order valence-electron chi connectivity index (χ1n) is 8.44. The molecule has 6 heteroatoms. The van der Waals surface area contributed by atoms with Gasteiger partial charge in [-0.2, -0.15) is 4.98 Å². The van der Waals surface area contributed by atoms with E-state index in [4.69, 9.17) is 10.5 Å². The smallest absolute Gasteiger partial charge is 0.224 e. The molecule has 0 spiro atoms. The molecule has 0 radical (unpaired) electrons. The standard InChI is InChI=1S/C16H27N5O/c17-14-5-8-18-15(20-14)19-13-16(6-3-1-2-4-7-16)21-9-11-22-12-10-21/h5,8H,1-4,6-7,9-13H2,(H3,17,18,19,20). The Balaban J connectivity index is 1.72. The van der Waals surface area contributed by atoms with Gasteiger partial charge in [-0.25, -0.2) is 4.98 Å². The monoisotopic (exact) mass is 305 g/mol. The van der Waals surface area contributed by atoms with Gasteiger partial charge in [0, 0.05) is 31.4 Å². The molecule has 1 aromatic rings. The van der Waals surface area contributed by atoms with Crippen LogP contribution in [-0.4, -0.2) is 53.3 Å². The molecule has 22 heavy (non-hydrogen) atoms. The first kappa shape index (κ1) is 15.5. The third-order valence-electron chi connectivity index (χ3n) is 4.97. The second-order valence-corrected chi connectivity index (χ2v) is 6.40. The SMILES string of the molecule is Nc1ccnc(NCC2(N3CCOCC3)CCCCCC2)n1. The van der Waals surface area contributed by atoms with Crippen LogP contribution in [0.25, 0.3) is 0 Å². The van der Waals surface area contributed by atoms with Crippen LogP contribution in [0.4, 0.5) is 11.8 Å². The predicted octanol–water partition coefficient (Wildman–Crippen LogP) is 1.90. The summed E-state index contributed by atoms with van der Waals surface area (Å²) >= 11 is 0. The Hall–Kier alpha value is -1.40. The summed E-state index contributed by atoms with van der Waals surface area (Å²) in [6.45, 7) is 4.63. The lowest BCUT2D eigenvalue weighted by Crippen LogP contribution is -2.57. The molecule has 1 saturated carbocycles. The topological polar surface area (TPSA) is 76.3 Å². The lowest BCUT2D eigenvalue weighted by molar-refractivity contribution is -0.0240. The number of nitrogens with one attached hydrogen (secondary N) is 1. The van der Waals surface area contributed by atoms with Gasteiger partial charge in [-0.15, -0.1) is 0 Å². The zero-order chi connectivity index (χ0) is 15.3. The molecule has 3 rings (SSSR count). The highest BCUT2D eigenvalue weighted by molar-refractivity contribution is 5.35. The predicted molar refractivity (Wildman–Crippen MR) is 87.8 cm³/mol. The van der Waals surface area contributed by atoms with Crippen LogP contribution in [0, 0.1) is 0 Å². The zero-order valence-electron chi connectivity index (χ0n) is 13.3. The van der Waals surface area contributed by atoms with E-state index in [1.165, 1.54) is 38.5 Å². The number of nitrogens with zero attached hydrogens (tertiary/aromatic N) is 3. The molecule has 0 atom stereocenters. The highest BCUT2D eigenvalue weighted by Crippen LogP contribution is 2.33. The van der Waals surface area contributed by atoms with Crippen LogP contribution in [0.1, 0.15) is 38.5 Å². The number of nitrogens with two attached hydrogens (primary N) is 1. The summed E-state index contributed by atoms with van der Waals surface area (Å²) in [5, 5.41) is 3.44. The average Bonchev–Trinajstić information content (AvgIpc) is 2.81. The van der Waals surface area contributed by atoms with Crippen molar-refractivity contribution in [1.29, 1.82) is 0 Å². The van der Waals surface area contributed by atoms with Crippen LogP contribution < -0.4 is 11.1 Å². The Bertz CT molecular complexity index is 467. The van der Waals surface area contributed by atoms with Gasteiger partial charge < -0.3 is 15.8 Å². The van der Waals surface area contributed by atoms with E-state index in [2.05, 4.69) is 20.2 Å². The minimum atomic E-state index is 0.203. The number of morpholine rings is 1. The van der Waals surface area contributed by atoms with Gasteiger partial charge in [-0.3, -0.25) is 4.90 Å². The summed E-state index contributed by atoms with van der Waals surface area (Å²) in [5.74, 6) is 1.15. The summed E-state index contributed by atoms with van der Waals surface area (Å²) < 4.78 is 5.54. The van der Waals surface area contributed by atoms with Crippen molar-refractivity contribution >= 4 is 11.8 Å². The van der Waals surface area contributed by atoms with E-state index >= 15 is 0 Å². The fourth-order valence-electron chi connectivity index (χ4n) is 3.73. The number of rotatable bonds is 4. The van der Waals surface area contributed by atoms with Gasteiger partial charge in [0.1, 0.15) is 5.82 Å². The van der Waals surface area contributed by atoms with Gasteiger partial charge >= 0.3 is 0 Å². The molecule has 0 amide bonds. The molecule has 1 saturated heterocycles. The number of hydrogen-bond donors (Lipinski definition) is 2. The molecule has 0 aromatic carbocycles. The van der Waals surface area contributed by atoms with Crippen molar-refractivity contribution < 1.29 is 4.74 Å². The van der Waals surface area contributed by atoms with Crippen molar-refractivity contribution in [3.05, 3.63) is 12.3 Å². The fraction of sp³-hybridized carbons (Fsp3) is 0.750. The number of ether oxygens (including phenoxy) is 1. The van der Waals surface area contributed by atoms with Crippen LogP contribution in [0.3, 0.4) is 0 Å². The van der Waals surface area contributed by atoms with Crippen LogP contribution in [-0.2, 0) is 4.74 Å². The Morgan fingerprint density at radius 2 is 1.91 bits per heavy atom. The highest BCUT2D eigenvalue weighted by atomic mass is 16.5. The molecule has 122 valence electrons. The Morgan fingerprint density at radius 1 is 1.18 bits per heavy atom. The third-order valence-corrected chi connectivity index (χ3v) is 4.97. The molecule has 3 N–H and O–H groups in total. The second kappa shape index (κ2) is 7.24. The molecule has 6 nitrogen and oxygen atoms in total. The van der Waals surface area contributed by atoms with Crippen LogP contribution in [0.2, 0.25) is 0 Å². The number of hydrogen-bond acceptors (Lipinski definition) is 6. The minimum Gasteiger partial charge on any atom is -0.384 e. The third kappa shape index (κ3) is 3.67. The van der Waals surface area contributed by atoms with E-state index < -0.39 is 0 Å². The molecule has 0 bridgehead atoms. The first-order chi connectivity index (χ1) is 10.8. The normalized spacial score (nSPS) is 22.9. The van der Waals surface area contributed by atoms with Crippen molar-refractivity contribution in [2.75, 3.05) is 43.9 Å². The first-order valence-corrected chi connectivity index (χ1v) is 8.44. The maximum atomic E-state index is 5.75. The van der Waals surface area contributed by atoms with Crippen molar-refractivity contribution in [2.24, 2.45) is 0 Å². The van der Waals surface area contributed by atoms with Crippen molar-refractivity contribution in [3.63, 3.8) is 0 Å². The Kier molecular flexibility index (Phi) is 5.10. The number of anilines is 2. The molecule has 2 heterocycles. The van der Waals surface area contributed by atoms with Gasteiger partial charge in [0.2, 0.25) is 5.95 Å². The molecular formula is C16H27N5O. The Labute approximate surface area is 132 Å². The summed E-state index contributed by atoms with van der Waals surface area (Å²) in [4.78, 5) is 11.2. The maximum Gasteiger partial charge on any atom is 0.224 e. The van der Waals surface area contributed by atoms with Gasteiger partial charge in [-0.1, -0.05) is 25.7 Å². The van der Waals surface area contributed by atoms with Gasteiger partial charge in [0.05, 0.1) is 13.2 Å². The zero-order valence-corrected chi connectivity index (χ0v) is 13.3. The van der Waals surface area contributed by atoms with E-state index in [9.17, 15) is 0 Å². The summed E-state index contributed by atoms with van der Waals surface area (Å²) in [6, 6.07) is 1.72. The molecule has 1 aliphatic carbocycles. The number of nitrogen functional groups attached to an aromatic ring is 1. The van der Waals surface area contributed by atoms with Crippen molar-refractivity contribution in [1.82, 2.24) is 14.9 Å². The molecule has 1 aromatic heterocycles. The molecule has 2 fully saturated rings. The molecule has 0 unspecified atom stereocenters. The maximum absolute atomic E-state index is 5.75. The molecule has 1 aliphatic heterocycles. The van der Waals surface area contributed by atoms with Gasteiger partial charge in [-0.05, 0) is 18.9 Å². The van der Waals surface area contributed by atoms with Gasteiger partial charge in [0.15, 0.2) is 0 Å². The van der Waals surface area contributed by atoms with E-state index in [0.29, 0.717) is 11.8 Å². The van der Waals surface area contributed by atoms with Crippen LogP contribution in [0.5, 0.6) is 0 Å². The van der Waals surface area contributed by atoms with E-state index in [1.807, 2.05) is 0 Å². The lowest BCUT2D eigenvalue weighted by atomic mass is 9.87. The summed E-state index contributed by atoms with van der Waals surface area (Å²) in [7, 11) is 0. The lowest BCUT2D eigenvalue weighted by Gasteiger charge is -2.45. The van der Waals surface area contributed by atoms with Crippen molar-refractivity contribution in [3.8, 4) is 0 Å². The van der Waals surface area contributed by atoms with E-state index in [-0.39, 0.29) is 5.54 Å². The Morgan fingerprint density at radius 3 is 2.59 bits per heavy atom. The van der Waals surface area contributed by atoms with Crippen LogP contribution >= 0.6 is 0 Å². The minimum absolute atomic E-state index is 0.203. The summed E-state index contributed by atoms with van der Waals surface area (Å²) in [6.07, 6.45) is 9.49. The highest BCUT2D eigenvalue weighted by Gasteiger charge is 2.37. The average molecular weight is 305 g/mol. The summed E-state index contributed by atoms with van der Waals surface area (Å²) in [5.41, 5.74) is 5.95. The quantitative estimate of drug-likeness (QED) is 0.827. The van der Waals surface area contributed by atoms with Gasteiger partial charge in [0.25, 0.3) is 0 Å². The fourth-order valence-corrected chi connectivity index (χ4v) is 3.73. The molecule has 2 aliphatic rings. The van der Waals surface area contributed by atoms with E-state index in [1.54, 1.807) is 12.3 Å².